The number of carbonyl (C=O) groups is 2. The van der Waals surface area contributed by atoms with Crippen LogP contribution in [0.3, 0.4) is 0 Å². The van der Waals surface area contributed by atoms with Gasteiger partial charge in [-0.15, -0.1) is 0 Å². The number of nitrogens with zero attached hydrogens (tertiary/aromatic N) is 2. The zero-order valence-corrected chi connectivity index (χ0v) is 11.3. The van der Waals surface area contributed by atoms with Crippen molar-refractivity contribution in [3.63, 3.8) is 0 Å². The molecule has 0 bridgehead atoms. The number of rotatable bonds is 4. The maximum Gasteiger partial charge on any atom is 0.326 e. The summed E-state index contributed by atoms with van der Waals surface area (Å²) in [5.41, 5.74) is 0.855. The molecule has 1 fully saturated rings. The van der Waals surface area contributed by atoms with Gasteiger partial charge in [0.1, 0.15) is 17.4 Å². The summed E-state index contributed by atoms with van der Waals surface area (Å²) in [6.45, 7) is 1.46. The van der Waals surface area contributed by atoms with Gasteiger partial charge in [-0.25, -0.2) is 14.2 Å². The van der Waals surface area contributed by atoms with Gasteiger partial charge in [0.25, 0.3) is 5.91 Å². The van der Waals surface area contributed by atoms with Gasteiger partial charge in [-0.2, -0.15) is 0 Å². The molecule has 0 spiro atoms. The van der Waals surface area contributed by atoms with Crippen LogP contribution in [-0.2, 0) is 4.79 Å². The highest BCUT2D eigenvalue weighted by molar-refractivity contribution is 6.06. The number of hydrogen-bond donors (Lipinski definition) is 2. The Morgan fingerprint density at radius 3 is 2.81 bits per heavy atom. The Morgan fingerprint density at radius 1 is 1.48 bits per heavy atom. The molecule has 1 aromatic heterocycles. The first-order chi connectivity index (χ1) is 9.99. The van der Waals surface area contributed by atoms with Gasteiger partial charge >= 0.3 is 5.97 Å². The molecule has 1 amide bonds. The molecule has 1 aliphatic carbocycles. The van der Waals surface area contributed by atoms with Crippen molar-refractivity contribution < 1.29 is 19.1 Å². The minimum absolute atomic E-state index is 0.0891. The number of hydrogen-bond acceptors (Lipinski definition) is 3. The zero-order valence-electron chi connectivity index (χ0n) is 11.3. The lowest BCUT2D eigenvalue weighted by molar-refractivity contribution is -0.141. The number of nitrogens with one attached hydrogen (secondary N) is 1. The van der Waals surface area contributed by atoms with Crippen molar-refractivity contribution in [2.45, 2.75) is 31.8 Å². The van der Waals surface area contributed by atoms with E-state index in [1.807, 2.05) is 0 Å². The predicted molar refractivity (Wildman–Crippen MR) is 72.3 cm³/mol. The van der Waals surface area contributed by atoms with Gasteiger partial charge in [0.2, 0.25) is 0 Å². The first-order valence-electron chi connectivity index (χ1n) is 6.67. The Bertz CT molecular complexity index is 723. The van der Waals surface area contributed by atoms with Crippen molar-refractivity contribution >= 4 is 22.9 Å². The number of aromatic nitrogens is 2. The van der Waals surface area contributed by atoms with Crippen LogP contribution in [0.25, 0.3) is 11.0 Å². The quantitative estimate of drug-likeness (QED) is 0.899. The molecule has 0 aliphatic heterocycles. The van der Waals surface area contributed by atoms with E-state index in [0.29, 0.717) is 11.0 Å². The molecule has 0 saturated heterocycles. The predicted octanol–water partition coefficient (Wildman–Crippen LogP) is 1.78. The highest BCUT2D eigenvalue weighted by Gasteiger charge is 2.39. The molecule has 3 rings (SSSR count). The summed E-state index contributed by atoms with van der Waals surface area (Å²) in [7, 11) is 0. The Labute approximate surface area is 119 Å². The summed E-state index contributed by atoms with van der Waals surface area (Å²) in [5.74, 6) is -2.14. The van der Waals surface area contributed by atoms with Crippen LogP contribution in [0.5, 0.6) is 0 Å². The van der Waals surface area contributed by atoms with E-state index >= 15 is 0 Å². The fraction of sp³-hybridized carbons (Fsp3) is 0.357. The molecule has 1 heterocycles. The second-order valence-corrected chi connectivity index (χ2v) is 5.21. The Morgan fingerprint density at radius 2 is 2.19 bits per heavy atom. The fourth-order valence-corrected chi connectivity index (χ4v) is 2.45. The number of amides is 1. The molecule has 1 unspecified atom stereocenters. The van der Waals surface area contributed by atoms with E-state index < -0.39 is 23.7 Å². The highest BCUT2D eigenvalue weighted by atomic mass is 19.1. The zero-order chi connectivity index (χ0) is 15.1. The first-order valence-corrected chi connectivity index (χ1v) is 6.67. The first kappa shape index (κ1) is 13.5. The monoisotopic (exact) mass is 291 g/mol. The molecule has 110 valence electrons. The van der Waals surface area contributed by atoms with Crippen LogP contribution in [0.2, 0.25) is 0 Å². The summed E-state index contributed by atoms with van der Waals surface area (Å²) in [4.78, 5) is 32.0. The van der Waals surface area contributed by atoms with Crippen molar-refractivity contribution in [1.29, 1.82) is 0 Å². The number of aromatic amines is 1. The van der Waals surface area contributed by atoms with Gasteiger partial charge < -0.3 is 15.0 Å². The number of halogens is 1. The number of carbonyl (C=O) groups excluding carboxylic acids is 1. The third-order valence-electron chi connectivity index (χ3n) is 3.67. The Hall–Kier alpha value is -2.44. The molecule has 2 aromatic rings. The van der Waals surface area contributed by atoms with Crippen LogP contribution in [0, 0.1) is 5.82 Å². The van der Waals surface area contributed by atoms with Crippen molar-refractivity contribution in [3.05, 3.63) is 29.8 Å². The fourth-order valence-electron chi connectivity index (χ4n) is 2.45. The molecule has 1 aromatic carbocycles. The maximum atomic E-state index is 13.6. The minimum atomic E-state index is -1.08. The minimum Gasteiger partial charge on any atom is -0.480 e. The lowest BCUT2D eigenvalue weighted by atomic mass is 10.1. The summed E-state index contributed by atoms with van der Waals surface area (Å²) >= 11 is 0. The number of carboxylic acids is 1. The molecule has 0 radical (unpaired) electrons. The molecule has 1 saturated carbocycles. The molecule has 1 atom stereocenters. The second kappa shape index (κ2) is 4.83. The molecule has 6 nitrogen and oxygen atoms in total. The average molecular weight is 291 g/mol. The largest absolute Gasteiger partial charge is 0.480 e. The van der Waals surface area contributed by atoms with E-state index in [4.69, 9.17) is 5.11 Å². The van der Waals surface area contributed by atoms with Crippen LogP contribution in [0.15, 0.2) is 18.5 Å². The number of H-pyrrole nitrogens is 1. The van der Waals surface area contributed by atoms with E-state index in [-0.39, 0.29) is 11.6 Å². The third kappa shape index (κ3) is 2.35. The smallest absolute Gasteiger partial charge is 0.326 e. The topological polar surface area (TPSA) is 86.3 Å². The molecular formula is C14H14FN3O3. The molecule has 21 heavy (non-hydrogen) atoms. The summed E-state index contributed by atoms with van der Waals surface area (Å²) < 4.78 is 13.6. The van der Waals surface area contributed by atoms with Gasteiger partial charge in [0, 0.05) is 6.04 Å². The summed E-state index contributed by atoms with van der Waals surface area (Å²) in [6.07, 6.45) is 2.91. The molecule has 2 N–H and O–H groups in total. The number of imidazole rings is 1. The van der Waals surface area contributed by atoms with E-state index in [1.165, 1.54) is 24.2 Å². The van der Waals surface area contributed by atoms with Crippen molar-refractivity contribution in [1.82, 2.24) is 14.9 Å². The van der Waals surface area contributed by atoms with E-state index in [0.717, 1.165) is 18.9 Å². The highest BCUT2D eigenvalue weighted by Crippen LogP contribution is 2.31. The van der Waals surface area contributed by atoms with Gasteiger partial charge in [-0.3, -0.25) is 4.79 Å². The van der Waals surface area contributed by atoms with E-state index in [1.54, 1.807) is 0 Å². The Balaban J connectivity index is 2.05. The third-order valence-corrected chi connectivity index (χ3v) is 3.67. The van der Waals surface area contributed by atoms with Gasteiger partial charge in [-0.1, -0.05) is 0 Å². The van der Waals surface area contributed by atoms with E-state index in [9.17, 15) is 14.0 Å². The maximum absolute atomic E-state index is 13.6. The van der Waals surface area contributed by atoms with Crippen LogP contribution in [0.4, 0.5) is 4.39 Å². The molecular weight excluding hydrogens is 277 g/mol. The average Bonchev–Trinajstić information content (AvgIpc) is 3.14. The van der Waals surface area contributed by atoms with Crippen LogP contribution < -0.4 is 0 Å². The summed E-state index contributed by atoms with van der Waals surface area (Å²) in [5, 5.41) is 9.16. The molecule has 7 heteroatoms. The van der Waals surface area contributed by atoms with Gasteiger partial charge in [0.05, 0.1) is 17.4 Å². The van der Waals surface area contributed by atoms with Gasteiger partial charge in [0.15, 0.2) is 0 Å². The number of aliphatic carboxylic acids is 1. The van der Waals surface area contributed by atoms with Crippen LogP contribution in [-0.4, -0.2) is 43.9 Å². The number of fused-ring (bicyclic) bond motifs is 1. The lowest BCUT2D eigenvalue weighted by Crippen LogP contribution is -2.44. The molecule has 1 aliphatic rings. The van der Waals surface area contributed by atoms with Crippen LogP contribution in [0.1, 0.15) is 30.1 Å². The van der Waals surface area contributed by atoms with E-state index in [2.05, 4.69) is 9.97 Å². The summed E-state index contributed by atoms with van der Waals surface area (Å²) in [6, 6.07) is 1.31. The van der Waals surface area contributed by atoms with Crippen LogP contribution >= 0.6 is 0 Å². The SMILES string of the molecule is CC(C(=O)O)N(C(=O)c1cc(F)cc2[nH]cnc12)C1CC1. The van der Waals surface area contributed by atoms with Crippen molar-refractivity contribution in [2.24, 2.45) is 0 Å². The van der Waals surface area contributed by atoms with Crippen molar-refractivity contribution in [2.75, 3.05) is 0 Å². The Kier molecular flexibility index (Phi) is 3.12. The van der Waals surface area contributed by atoms with Gasteiger partial charge in [-0.05, 0) is 31.9 Å². The standard InChI is InChI=1S/C14H14FN3O3/c1-7(14(20)21)18(9-2-3-9)13(19)10-4-8(15)5-11-12(10)17-6-16-11/h4-7,9H,2-3H2,1H3,(H,16,17)(H,20,21). The number of benzene rings is 1. The number of carboxylic acid groups (broad SMARTS) is 1. The normalized spacial score (nSPS) is 15.9. The lowest BCUT2D eigenvalue weighted by Gasteiger charge is -2.26. The second-order valence-electron chi connectivity index (χ2n) is 5.21. The van der Waals surface area contributed by atoms with Crippen molar-refractivity contribution in [3.8, 4) is 0 Å².